The van der Waals surface area contributed by atoms with Crippen LogP contribution in [0.3, 0.4) is 0 Å². The van der Waals surface area contributed by atoms with Gasteiger partial charge in [-0.15, -0.1) is 0 Å². The monoisotopic (exact) mass is 429 g/mol. The van der Waals surface area contributed by atoms with Gasteiger partial charge >= 0.3 is 13.8 Å². The highest BCUT2D eigenvalue weighted by atomic mass is 35.5. The average Bonchev–Trinajstić information content (AvgIpc) is 3.00. The maximum Gasteiger partial charge on any atom is 0.529 e. The summed E-state index contributed by atoms with van der Waals surface area (Å²) in [4.78, 5) is 18.6. The molecule has 0 spiro atoms. The molecule has 0 bridgehead atoms. The largest absolute Gasteiger partial charge is 0.529 e. The van der Waals surface area contributed by atoms with Crippen molar-refractivity contribution in [1.29, 1.82) is 0 Å². The lowest BCUT2D eigenvalue weighted by Gasteiger charge is -2.08. The smallest absolute Gasteiger partial charge is 0.334 e. The van der Waals surface area contributed by atoms with E-state index in [-0.39, 0.29) is 6.01 Å². The number of nitrogens with zero attached hydrogens (tertiary/aromatic N) is 2. The summed E-state index contributed by atoms with van der Waals surface area (Å²) in [5, 5.41) is 0.773. The number of aryl methyl sites for hydroxylation is 3. The first-order valence-electron chi connectivity index (χ1n) is 9.98. The number of halogens is 1. The summed E-state index contributed by atoms with van der Waals surface area (Å²) in [6.45, 7) is 3.49. The van der Waals surface area contributed by atoms with E-state index in [9.17, 15) is 14.4 Å². The van der Waals surface area contributed by atoms with Crippen LogP contribution < -0.4 is 9.09 Å². The fourth-order valence-corrected chi connectivity index (χ4v) is 3.84. The molecule has 2 N–H and O–H groups in total. The first-order valence-corrected chi connectivity index (χ1v) is 11.9. The Bertz CT molecular complexity index is 775. The summed E-state index contributed by atoms with van der Waals surface area (Å²) < 4.78 is 20.0. The molecule has 0 aliphatic heterocycles. The normalized spacial score (nSPS) is 11.7. The minimum Gasteiger partial charge on any atom is -0.334 e. The number of phosphoric ester groups is 1. The van der Waals surface area contributed by atoms with Gasteiger partial charge < -0.3 is 4.52 Å². The van der Waals surface area contributed by atoms with Gasteiger partial charge in [0, 0.05) is 5.02 Å². The lowest BCUT2D eigenvalue weighted by atomic mass is 10.1. The number of unbranched alkanes of at least 4 members (excludes halogenated alkanes) is 5. The van der Waals surface area contributed by atoms with Gasteiger partial charge in [-0.3, -0.25) is 9.79 Å². The molecule has 156 valence electrons. The molecule has 6 nitrogen and oxygen atoms in total. The highest BCUT2D eigenvalue weighted by molar-refractivity contribution is 7.46. The van der Waals surface area contributed by atoms with E-state index in [1.54, 1.807) is 9.13 Å². The van der Waals surface area contributed by atoms with E-state index in [1.807, 2.05) is 36.7 Å². The maximum absolute atomic E-state index is 11.4. The van der Waals surface area contributed by atoms with Crippen LogP contribution in [0.5, 0.6) is 6.01 Å². The molecular weight excluding hydrogens is 399 g/mol. The standard InChI is InChI=1S/C20H30ClN2O4P/c1-2-3-4-5-9-14-22-16-17-23(20(22)27-28(24,25)26)15-10-8-12-18-11-6-7-13-19(18)21/h6-7,11,13,16-17H,2-5,8-10,12,14-15H2,1H3,(H-,24,25,26)/p+1. The van der Waals surface area contributed by atoms with E-state index in [0.29, 0.717) is 13.1 Å². The van der Waals surface area contributed by atoms with Crippen LogP contribution in [0, 0.1) is 0 Å². The number of hydrogen-bond acceptors (Lipinski definition) is 2. The Balaban J connectivity index is 1.92. The number of phosphoric acid groups is 1. The fourth-order valence-electron chi connectivity index (χ4n) is 3.19. The van der Waals surface area contributed by atoms with Crippen molar-refractivity contribution in [2.24, 2.45) is 0 Å². The van der Waals surface area contributed by atoms with Crippen LogP contribution in [-0.4, -0.2) is 14.4 Å². The van der Waals surface area contributed by atoms with Crippen LogP contribution in [0.15, 0.2) is 36.7 Å². The molecule has 0 saturated carbocycles. The molecule has 0 atom stereocenters. The molecule has 0 unspecified atom stereocenters. The van der Waals surface area contributed by atoms with Gasteiger partial charge in [0.05, 0.1) is 13.1 Å². The summed E-state index contributed by atoms with van der Waals surface area (Å²) in [5.41, 5.74) is 1.12. The summed E-state index contributed by atoms with van der Waals surface area (Å²) in [6.07, 6.45) is 11.9. The Labute approximate surface area is 172 Å². The van der Waals surface area contributed by atoms with Crippen molar-refractivity contribution in [2.75, 3.05) is 0 Å². The van der Waals surface area contributed by atoms with Crippen LogP contribution >= 0.6 is 19.4 Å². The van der Waals surface area contributed by atoms with Crippen molar-refractivity contribution in [1.82, 2.24) is 4.57 Å². The Hall–Kier alpha value is -1.33. The summed E-state index contributed by atoms with van der Waals surface area (Å²) in [5.74, 6) is 0. The third-order valence-corrected chi connectivity index (χ3v) is 5.44. The Morgan fingerprint density at radius 3 is 2.57 bits per heavy atom. The predicted octanol–water partition coefficient (Wildman–Crippen LogP) is 4.89. The van der Waals surface area contributed by atoms with Crippen LogP contribution in [0.2, 0.25) is 5.02 Å². The zero-order valence-corrected chi connectivity index (χ0v) is 18.1. The molecule has 1 aromatic heterocycles. The average molecular weight is 430 g/mol. The highest BCUT2D eigenvalue weighted by Crippen LogP contribution is 2.36. The topological polar surface area (TPSA) is 75.6 Å². The van der Waals surface area contributed by atoms with Crippen molar-refractivity contribution in [3.8, 4) is 6.01 Å². The number of imidazole rings is 1. The molecule has 8 heteroatoms. The van der Waals surface area contributed by atoms with E-state index in [0.717, 1.165) is 42.7 Å². The second-order valence-corrected chi connectivity index (χ2v) is 8.58. The molecule has 1 heterocycles. The van der Waals surface area contributed by atoms with Crippen LogP contribution in [-0.2, 0) is 24.1 Å². The SMILES string of the molecule is CCCCCCC[n+]1ccn(CCCCc2ccccc2Cl)c1OP(=O)(O)O. The van der Waals surface area contributed by atoms with Gasteiger partial charge in [-0.25, -0.2) is 4.57 Å². The Morgan fingerprint density at radius 2 is 1.86 bits per heavy atom. The number of benzene rings is 1. The van der Waals surface area contributed by atoms with Gasteiger partial charge in [0.1, 0.15) is 12.4 Å². The lowest BCUT2D eigenvalue weighted by Crippen LogP contribution is -2.34. The number of aromatic nitrogens is 2. The van der Waals surface area contributed by atoms with E-state index in [2.05, 4.69) is 6.92 Å². The van der Waals surface area contributed by atoms with E-state index in [1.165, 1.54) is 19.3 Å². The highest BCUT2D eigenvalue weighted by Gasteiger charge is 2.27. The number of rotatable bonds is 13. The van der Waals surface area contributed by atoms with Crippen molar-refractivity contribution in [3.05, 3.63) is 47.2 Å². The quantitative estimate of drug-likeness (QED) is 0.270. The zero-order valence-electron chi connectivity index (χ0n) is 16.5. The Kier molecular flexibility index (Phi) is 9.52. The predicted molar refractivity (Wildman–Crippen MR) is 110 cm³/mol. The molecule has 0 saturated heterocycles. The van der Waals surface area contributed by atoms with Crippen molar-refractivity contribution < 1.29 is 23.4 Å². The van der Waals surface area contributed by atoms with Gasteiger partial charge in [-0.1, -0.05) is 56.0 Å². The summed E-state index contributed by atoms with van der Waals surface area (Å²) in [7, 11) is -4.61. The van der Waals surface area contributed by atoms with Gasteiger partial charge in [0.25, 0.3) is 0 Å². The van der Waals surface area contributed by atoms with Gasteiger partial charge in [0.15, 0.2) is 0 Å². The van der Waals surface area contributed by atoms with Crippen LogP contribution in [0.1, 0.15) is 57.4 Å². The molecule has 2 rings (SSSR count). The molecule has 0 radical (unpaired) electrons. The molecule has 0 aliphatic rings. The van der Waals surface area contributed by atoms with Gasteiger partial charge in [-0.2, -0.15) is 9.13 Å². The minimum absolute atomic E-state index is 0.224. The zero-order chi connectivity index (χ0) is 20.4. The number of hydrogen-bond donors (Lipinski definition) is 2. The van der Waals surface area contributed by atoms with E-state index in [4.69, 9.17) is 16.1 Å². The molecule has 1 aromatic carbocycles. The first kappa shape index (κ1) is 23.0. The summed E-state index contributed by atoms with van der Waals surface area (Å²) >= 11 is 6.19. The third kappa shape index (κ3) is 7.96. The van der Waals surface area contributed by atoms with Crippen molar-refractivity contribution in [2.45, 2.75) is 71.4 Å². The van der Waals surface area contributed by atoms with Crippen molar-refractivity contribution in [3.63, 3.8) is 0 Å². The second-order valence-electron chi connectivity index (χ2n) is 7.01. The molecule has 0 amide bonds. The molecular formula is C20H31ClN2O4P+. The molecule has 0 aliphatic carbocycles. The van der Waals surface area contributed by atoms with E-state index < -0.39 is 7.82 Å². The van der Waals surface area contributed by atoms with Crippen molar-refractivity contribution >= 4 is 19.4 Å². The lowest BCUT2D eigenvalue weighted by molar-refractivity contribution is -0.699. The molecule has 0 fully saturated rings. The summed E-state index contributed by atoms with van der Waals surface area (Å²) in [6, 6.07) is 8.02. The Morgan fingerprint density at radius 1 is 1.11 bits per heavy atom. The van der Waals surface area contributed by atoms with Gasteiger partial charge in [0.2, 0.25) is 0 Å². The van der Waals surface area contributed by atoms with Crippen LogP contribution in [0.25, 0.3) is 0 Å². The maximum atomic E-state index is 11.4. The van der Waals surface area contributed by atoms with E-state index >= 15 is 0 Å². The minimum atomic E-state index is -4.61. The third-order valence-electron chi connectivity index (χ3n) is 4.67. The fraction of sp³-hybridized carbons (Fsp3) is 0.550. The molecule has 28 heavy (non-hydrogen) atoms. The molecule has 2 aromatic rings. The first-order chi connectivity index (χ1) is 13.4. The van der Waals surface area contributed by atoms with Crippen LogP contribution in [0.4, 0.5) is 0 Å². The second kappa shape index (κ2) is 11.6. The van der Waals surface area contributed by atoms with Gasteiger partial charge in [-0.05, 0) is 43.7 Å².